The van der Waals surface area contributed by atoms with Crippen LogP contribution in [-0.4, -0.2) is 11.1 Å². The molecule has 0 saturated carbocycles. The van der Waals surface area contributed by atoms with Gasteiger partial charge >= 0.3 is 0 Å². The molecule has 4 nitrogen and oxygen atoms in total. The van der Waals surface area contributed by atoms with Crippen LogP contribution in [0.25, 0.3) is 0 Å². The maximum Gasteiger partial charge on any atom is 0.239 e. The summed E-state index contributed by atoms with van der Waals surface area (Å²) >= 11 is 0. The van der Waals surface area contributed by atoms with Crippen LogP contribution in [-0.2, 0) is 16.6 Å². The molecule has 0 fully saturated rings. The molecule has 1 amide bonds. The molecule has 1 aliphatic heterocycles. The van der Waals surface area contributed by atoms with Gasteiger partial charge in [0.05, 0.1) is 5.69 Å². The van der Waals surface area contributed by atoms with E-state index < -0.39 is 5.41 Å². The van der Waals surface area contributed by atoms with Gasteiger partial charge in [0, 0.05) is 17.7 Å². The van der Waals surface area contributed by atoms with E-state index in [1.165, 1.54) is 12.1 Å². The monoisotopic (exact) mass is 350 g/mol. The second-order valence-corrected chi connectivity index (χ2v) is 6.89. The molecule has 2 aromatic carbocycles. The van der Waals surface area contributed by atoms with E-state index in [1.807, 2.05) is 45.0 Å². The quantitative estimate of drug-likeness (QED) is 0.769. The highest BCUT2D eigenvalue weighted by atomic mass is 19.1. The number of hydrogen-bond donors (Lipinski definition) is 1. The van der Waals surface area contributed by atoms with Gasteiger partial charge in [0.25, 0.3) is 0 Å². The van der Waals surface area contributed by atoms with Gasteiger partial charge < -0.3 is 9.84 Å². The van der Waals surface area contributed by atoms with Gasteiger partial charge in [-0.3, -0.25) is 4.79 Å². The van der Waals surface area contributed by atoms with E-state index >= 15 is 0 Å². The summed E-state index contributed by atoms with van der Waals surface area (Å²) < 4.78 is 19.0. The van der Waals surface area contributed by atoms with Crippen LogP contribution in [0.15, 0.2) is 47.0 Å². The minimum absolute atomic E-state index is 0.165. The minimum atomic E-state index is -0.947. The molecule has 1 aromatic heterocycles. The molecule has 2 heterocycles. The molecule has 1 N–H and O–H groups in total. The summed E-state index contributed by atoms with van der Waals surface area (Å²) in [4.78, 5) is 13.2. The topological polar surface area (TPSA) is 55.1 Å². The van der Waals surface area contributed by atoms with Gasteiger partial charge in [-0.15, -0.1) is 0 Å². The van der Waals surface area contributed by atoms with Crippen LogP contribution in [0.5, 0.6) is 0 Å². The number of nitrogens with one attached hydrogen (secondary N) is 1. The van der Waals surface area contributed by atoms with Crippen molar-refractivity contribution in [3.05, 3.63) is 82.0 Å². The van der Waals surface area contributed by atoms with Crippen molar-refractivity contribution in [2.24, 2.45) is 0 Å². The lowest BCUT2D eigenvalue weighted by Crippen LogP contribution is -2.38. The second-order valence-electron chi connectivity index (χ2n) is 6.89. The largest absolute Gasteiger partial charge is 0.361 e. The van der Waals surface area contributed by atoms with E-state index in [0.29, 0.717) is 17.9 Å². The van der Waals surface area contributed by atoms with Gasteiger partial charge in [-0.2, -0.15) is 0 Å². The van der Waals surface area contributed by atoms with Crippen LogP contribution in [0.1, 0.15) is 33.7 Å². The lowest BCUT2D eigenvalue weighted by molar-refractivity contribution is -0.119. The summed E-state index contributed by atoms with van der Waals surface area (Å²) in [6, 6.07) is 12.4. The predicted octanol–water partition coefficient (Wildman–Crippen LogP) is 4.22. The lowest BCUT2D eigenvalue weighted by atomic mass is 9.71. The number of carbonyl (C=O) groups excluding carboxylic acids is 1. The Balaban J connectivity index is 1.97. The molecule has 0 radical (unpaired) electrons. The second kappa shape index (κ2) is 5.80. The lowest BCUT2D eigenvalue weighted by Gasteiger charge is -2.28. The van der Waals surface area contributed by atoms with Gasteiger partial charge in [0.2, 0.25) is 5.91 Å². The van der Waals surface area contributed by atoms with Crippen molar-refractivity contribution in [1.29, 1.82) is 0 Å². The Bertz CT molecular complexity index is 988. The number of rotatable bonds is 3. The number of amides is 1. The van der Waals surface area contributed by atoms with Crippen LogP contribution < -0.4 is 5.32 Å². The van der Waals surface area contributed by atoms with E-state index in [1.54, 1.807) is 6.07 Å². The molecular formula is C21H19FN2O2. The van der Waals surface area contributed by atoms with E-state index in [9.17, 15) is 9.18 Å². The fourth-order valence-electron chi connectivity index (χ4n) is 3.77. The summed E-state index contributed by atoms with van der Waals surface area (Å²) in [7, 11) is 0. The van der Waals surface area contributed by atoms with Gasteiger partial charge in [0.1, 0.15) is 17.0 Å². The molecule has 0 aliphatic carbocycles. The van der Waals surface area contributed by atoms with Crippen LogP contribution in [0.3, 0.4) is 0 Å². The van der Waals surface area contributed by atoms with Crippen LogP contribution in [0, 0.1) is 26.6 Å². The average Bonchev–Trinajstić information content (AvgIpc) is 3.06. The number of aromatic nitrogens is 1. The normalized spacial score (nSPS) is 18.7. The summed E-state index contributed by atoms with van der Waals surface area (Å²) in [5, 5.41) is 6.89. The Kier molecular flexibility index (Phi) is 3.68. The zero-order valence-corrected chi connectivity index (χ0v) is 14.9. The third-order valence-electron chi connectivity index (χ3n) is 5.24. The molecule has 4 rings (SSSR count). The van der Waals surface area contributed by atoms with Crippen molar-refractivity contribution >= 4 is 11.6 Å². The highest BCUT2D eigenvalue weighted by molar-refractivity contribution is 6.09. The predicted molar refractivity (Wildman–Crippen MR) is 96.7 cm³/mol. The summed E-state index contributed by atoms with van der Waals surface area (Å²) in [5.74, 6) is 0.153. The Morgan fingerprint density at radius 2 is 1.85 bits per heavy atom. The smallest absolute Gasteiger partial charge is 0.239 e. The van der Waals surface area contributed by atoms with E-state index in [4.69, 9.17) is 4.52 Å². The average molecular weight is 350 g/mol. The first-order chi connectivity index (χ1) is 12.4. The van der Waals surface area contributed by atoms with Crippen LogP contribution in [0.4, 0.5) is 10.1 Å². The standard InChI is InChI=1S/C21H19FN2O2/c1-12-4-6-15(7-5-12)21(11-17-13(2)24-26-14(17)3)18-9-8-16(22)10-19(18)23-20(21)25/h4-10H,11H2,1-3H3,(H,23,25). The summed E-state index contributed by atoms with van der Waals surface area (Å²) in [6.45, 7) is 5.71. The Morgan fingerprint density at radius 3 is 2.50 bits per heavy atom. The molecule has 26 heavy (non-hydrogen) atoms. The van der Waals surface area contributed by atoms with E-state index in [2.05, 4.69) is 10.5 Å². The Morgan fingerprint density at radius 1 is 1.12 bits per heavy atom. The van der Waals surface area contributed by atoms with E-state index in [0.717, 1.165) is 27.9 Å². The molecule has 0 saturated heterocycles. The number of benzene rings is 2. The summed E-state index contributed by atoms with van der Waals surface area (Å²) in [6.07, 6.45) is 0.404. The number of hydrogen-bond acceptors (Lipinski definition) is 3. The maximum atomic E-state index is 13.7. The van der Waals surface area contributed by atoms with Crippen molar-refractivity contribution in [1.82, 2.24) is 5.16 Å². The van der Waals surface area contributed by atoms with Crippen LogP contribution >= 0.6 is 0 Å². The molecule has 0 bridgehead atoms. The molecular weight excluding hydrogens is 331 g/mol. The Hall–Kier alpha value is -2.95. The zero-order valence-electron chi connectivity index (χ0n) is 14.9. The number of halogens is 1. The SMILES string of the molecule is Cc1ccc(C2(Cc3c(C)noc3C)C(=O)Nc3cc(F)ccc32)cc1. The van der Waals surface area contributed by atoms with Crippen molar-refractivity contribution in [3.8, 4) is 0 Å². The van der Waals surface area contributed by atoms with Crippen molar-refractivity contribution in [2.75, 3.05) is 5.32 Å². The fourth-order valence-corrected chi connectivity index (χ4v) is 3.77. The number of nitrogens with zero attached hydrogens (tertiary/aromatic N) is 1. The van der Waals surface area contributed by atoms with Crippen molar-refractivity contribution in [3.63, 3.8) is 0 Å². The van der Waals surface area contributed by atoms with E-state index in [-0.39, 0.29) is 11.7 Å². The highest BCUT2D eigenvalue weighted by Gasteiger charge is 2.49. The third kappa shape index (κ3) is 2.35. The highest BCUT2D eigenvalue weighted by Crippen LogP contribution is 2.46. The first-order valence-electron chi connectivity index (χ1n) is 8.52. The first-order valence-corrected chi connectivity index (χ1v) is 8.52. The molecule has 5 heteroatoms. The first kappa shape index (κ1) is 16.5. The number of carbonyl (C=O) groups is 1. The number of anilines is 1. The molecule has 132 valence electrons. The maximum absolute atomic E-state index is 13.7. The molecule has 3 aromatic rings. The molecule has 1 unspecified atom stereocenters. The molecule has 1 aliphatic rings. The molecule has 0 spiro atoms. The number of fused-ring (bicyclic) bond motifs is 1. The zero-order chi connectivity index (χ0) is 18.5. The van der Waals surface area contributed by atoms with Gasteiger partial charge in [-0.05, 0) is 44.0 Å². The fraction of sp³-hybridized carbons (Fsp3) is 0.238. The Labute approximate surface area is 151 Å². The number of aryl methyl sites for hydroxylation is 3. The van der Waals surface area contributed by atoms with Gasteiger partial charge in [-0.25, -0.2) is 4.39 Å². The minimum Gasteiger partial charge on any atom is -0.361 e. The van der Waals surface area contributed by atoms with Crippen molar-refractivity contribution in [2.45, 2.75) is 32.6 Å². The van der Waals surface area contributed by atoms with Crippen LogP contribution in [0.2, 0.25) is 0 Å². The molecule has 1 atom stereocenters. The third-order valence-corrected chi connectivity index (χ3v) is 5.24. The van der Waals surface area contributed by atoms with Gasteiger partial charge in [-0.1, -0.05) is 41.1 Å². The van der Waals surface area contributed by atoms with Crippen molar-refractivity contribution < 1.29 is 13.7 Å². The van der Waals surface area contributed by atoms with Gasteiger partial charge in [0.15, 0.2) is 0 Å². The summed E-state index contributed by atoms with van der Waals surface area (Å²) in [5.41, 5.74) is 3.98.